The molecular weight excluding hydrogens is 349 g/mol. The number of aromatic nitrogens is 2. The number of nitrogens with zero attached hydrogens (tertiary/aromatic N) is 3. The number of aliphatic imine (C=N–C) groups is 1. The van der Waals surface area contributed by atoms with Crippen LogP contribution in [-0.2, 0) is 4.79 Å². The van der Waals surface area contributed by atoms with Gasteiger partial charge in [-0.3, -0.25) is 14.9 Å². The maximum atomic E-state index is 13.2. The lowest BCUT2D eigenvalue weighted by Crippen LogP contribution is -2.33. The highest BCUT2D eigenvalue weighted by Gasteiger charge is 2.35. The van der Waals surface area contributed by atoms with Gasteiger partial charge in [0, 0.05) is 25.9 Å². The second-order valence-electron chi connectivity index (χ2n) is 5.26. The van der Waals surface area contributed by atoms with E-state index in [0.717, 1.165) is 18.4 Å². The minimum atomic E-state index is -4.70. The molecule has 1 aliphatic rings. The van der Waals surface area contributed by atoms with Gasteiger partial charge in [0.15, 0.2) is 0 Å². The van der Waals surface area contributed by atoms with E-state index < -0.39 is 17.8 Å². The van der Waals surface area contributed by atoms with E-state index in [1.54, 1.807) is 18.0 Å². The van der Waals surface area contributed by atoms with Gasteiger partial charge in [0.05, 0.1) is 11.8 Å². The number of primary amides is 1. The van der Waals surface area contributed by atoms with Crippen LogP contribution >= 0.6 is 0 Å². The molecule has 2 rings (SSSR count). The molecule has 0 radical (unpaired) electrons. The van der Waals surface area contributed by atoms with Gasteiger partial charge in [-0.2, -0.15) is 18.3 Å². The van der Waals surface area contributed by atoms with E-state index >= 15 is 0 Å². The zero-order valence-corrected chi connectivity index (χ0v) is 13.8. The van der Waals surface area contributed by atoms with Crippen LogP contribution in [0.1, 0.15) is 0 Å². The van der Waals surface area contributed by atoms with Gasteiger partial charge in [-0.05, 0) is 11.6 Å². The number of likely N-dealkylation sites (N-methyl/N-ethyl adjacent to an activating group) is 1. The van der Waals surface area contributed by atoms with Crippen molar-refractivity contribution in [3.63, 3.8) is 0 Å². The number of carbonyl (C=O) groups excluding carboxylic acids is 1. The predicted molar refractivity (Wildman–Crippen MR) is 92.0 cm³/mol. The van der Waals surface area contributed by atoms with E-state index in [-0.39, 0.29) is 23.5 Å². The third-order valence-corrected chi connectivity index (χ3v) is 3.39. The number of H-pyrrole nitrogens is 1. The fourth-order valence-corrected chi connectivity index (χ4v) is 2.23. The van der Waals surface area contributed by atoms with Crippen molar-refractivity contribution in [3.8, 4) is 0 Å². The van der Waals surface area contributed by atoms with Crippen molar-refractivity contribution in [2.75, 3.05) is 18.9 Å². The molecule has 0 unspecified atom stereocenters. The average molecular weight is 366 g/mol. The van der Waals surface area contributed by atoms with Crippen LogP contribution in [-0.4, -0.2) is 47.0 Å². The molecule has 4 N–H and O–H groups in total. The Balaban J connectivity index is 2.53. The highest BCUT2D eigenvalue weighted by Crippen LogP contribution is 2.31. The molecule has 26 heavy (non-hydrogen) atoms. The lowest BCUT2D eigenvalue weighted by molar-refractivity contribution is -0.114. The van der Waals surface area contributed by atoms with E-state index in [1.165, 1.54) is 12.3 Å². The maximum absolute atomic E-state index is 13.2. The van der Waals surface area contributed by atoms with Gasteiger partial charge in [0.2, 0.25) is 0 Å². The minimum Gasteiger partial charge on any atom is -0.365 e. The fourth-order valence-electron chi connectivity index (χ4n) is 2.23. The summed E-state index contributed by atoms with van der Waals surface area (Å²) < 4.78 is 39.6. The lowest BCUT2D eigenvalue weighted by Gasteiger charge is -2.29. The molecule has 0 saturated heterocycles. The molecule has 138 valence electrons. The number of allylic oxidation sites excluding steroid dienone is 3. The Hall–Kier alpha value is -3.30. The van der Waals surface area contributed by atoms with Crippen LogP contribution in [0, 0.1) is 0 Å². The van der Waals surface area contributed by atoms with Crippen LogP contribution in [0.15, 0.2) is 64.7 Å². The third-order valence-electron chi connectivity index (χ3n) is 3.39. The van der Waals surface area contributed by atoms with E-state index in [2.05, 4.69) is 27.1 Å². The summed E-state index contributed by atoms with van der Waals surface area (Å²) in [5.74, 6) is -0.170. The molecule has 1 amide bonds. The smallest absolute Gasteiger partial charge is 0.365 e. The lowest BCUT2D eigenvalue weighted by atomic mass is 10.00. The molecule has 0 aliphatic carbocycles. The first kappa shape index (κ1) is 19.0. The molecule has 1 aromatic rings. The van der Waals surface area contributed by atoms with E-state index in [0.29, 0.717) is 5.82 Å². The Morgan fingerprint density at radius 1 is 1.54 bits per heavy atom. The molecule has 0 spiro atoms. The minimum absolute atomic E-state index is 0.0196. The van der Waals surface area contributed by atoms with Gasteiger partial charge in [-0.1, -0.05) is 18.7 Å². The van der Waals surface area contributed by atoms with E-state index in [1.807, 2.05) is 0 Å². The number of anilines is 1. The highest BCUT2D eigenvalue weighted by molar-refractivity contribution is 5.99. The fraction of sp³-hybridized carbons (Fsp3) is 0.188. The van der Waals surface area contributed by atoms with Crippen molar-refractivity contribution >= 4 is 17.9 Å². The number of nitrogens with one attached hydrogen (secondary N) is 2. The summed E-state index contributed by atoms with van der Waals surface area (Å²) in [7, 11) is 1.67. The first-order valence-electron chi connectivity index (χ1n) is 7.40. The molecule has 10 heteroatoms. The Morgan fingerprint density at radius 3 is 2.81 bits per heavy atom. The zero-order valence-electron chi connectivity index (χ0n) is 13.8. The molecule has 0 saturated carbocycles. The third kappa shape index (κ3) is 4.41. The number of carbonyl (C=O) groups is 1. The van der Waals surface area contributed by atoms with Crippen molar-refractivity contribution in [2.45, 2.75) is 6.18 Å². The number of hydrogen-bond acceptors (Lipinski definition) is 5. The largest absolute Gasteiger partial charge is 0.433 e. The topological polar surface area (TPSA) is 99.4 Å². The Bertz CT molecular complexity index is 802. The van der Waals surface area contributed by atoms with Crippen LogP contribution in [0.5, 0.6) is 0 Å². The van der Waals surface area contributed by atoms with Gasteiger partial charge in [-0.15, -0.1) is 0 Å². The number of hydrogen-bond donors (Lipinski definition) is 3. The number of amides is 1. The van der Waals surface area contributed by atoms with Gasteiger partial charge >= 0.3 is 6.18 Å². The second kappa shape index (κ2) is 7.72. The first-order chi connectivity index (χ1) is 12.2. The first-order valence-corrected chi connectivity index (χ1v) is 7.40. The molecule has 0 fully saturated rings. The summed E-state index contributed by atoms with van der Waals surface area (Å²) in [4.78, 5) is 16.9. The highest BCUT2D eigenvalue weighted by atomic mass is 19.4. The number of halogens is 3. The molecular formula is C16H17F3N6O. The summed E-state index contributed by atoms with van der Waals surface area (Å²) in [5, 5.41) is 9.32. The number of rotatable bonds is 6. The monoisotopic (exact) mass is 366 g/mol. The van der Waals surface area contributed by atoms with Crippen molar-refractivity contribution < 1.29 is 18.0 Å². The zero-order chi connectivity index (χ0) is 19.3. The van der Waals surface area contributed by atoms with Crippen LogP contribution in [0.2, 0.25) is 0 Å². The van der Waals surface area contributed by atoms with Crippen LogP contribution in [0.3, 0.4) is 0 Å². The maximum Gasteiger partial charge on any atom is 0.433 e. The molecule has 0 bridgehead atoms. The quantitative estimate of drug-likeness (QED) is 0.671. The molecule has 0 aromatic carbocycles. The Labute approximate surface area is 147 Å². The van der Waals surface area contributed by atoms with Gasteiger partial charge in [0.1, 0.15) is 17.3 Å². The summed E-state index contributed by atoms with van der Waals surface area (Å²) in [6, 6.07) is 1.60. The van der Waals surface area contributed by atoms with Crippen LogP contribution in [0.25, 0.3) is 0 Å². The van der Waals surface area contributed by atoms with E-state index in [9.17, 15) is 18.0 Å². The molecule has 1 aromatic heterocycles. The van der Waals surface area contributed by atoms with Gasteiger partial charge in [0.25, 0.3) is 5.91 Å². The molecule has 1 aliphatic heterocycles. The van der Waals surface area contributed by atoms with Crippen LogP contribution in [0.4, 0.5) is 19.0 Å². The van der Waals surface area contributed by atoms with Crippen molar-refractivity contribution in [1.29, 1.82) is 0 Å². The normalized spacial score (nSPS) is 16.1. The molecule has 0 atom stereocenters. The summed E-state index contributed by atoms with van der Waals surface area (Å²) in [6.07, 6.45) is 1.07. The summed E-state index contributed by atoms with van der Waals surface area (Å²) in [6.45, 7) is 3.56. The molecule has 7 nitrogen and oxygen atoms in total. The number of nitrogens with two attached hydrogens (primary N) is 1. The van der Waals surface area contributed by atoms with Crippen molar-refractivity contribution in [2.24, 2.45) is 10.7 Å². The Morgan fingerprint density at radius 2 is 2.27 bits per heavy atom. The average Bonchev–Trinajstić information content (AvgIpc) is 3.05. The summed E-state index contributed by atoms with van der Waals surface area (Å²) >= 11 is 0. The standard InChI is InChI=1S/C16H17F3N6O/c1-3-6-21-11(16(17,18)19)9-10-5-8-25(2)15(13(10)14(20)26)23-12-4-7-22-24-12/h3-7,9H,1,8H2,2H3,(H2,20,26)(H2,22,23,24)/b11-9+,21-6?. The van der Waals surface area contributed by atoms with Crippen molar-refractivity contribution in [1.82, 2.24) is 15.1 Å². The van der Waals surface area contributed by atoms with Gasteiger partial charge in [-0.25, -0.2) is 0 Å². The predicted octanol–water partition coefficient (Wildman–Crippen LogP) is 2.09. The Kier molecular flexibility index (Phi) is 5.65. The van der Waals surface area contributed by atoms with Gasteiger partial charge < -0.3 is 16.0 Å². The number of aromatic amines is 1. The SMILES string of the molecule is C=CC=N/C(=C/C1=CCN(C)C(Nc2ccn[nH]2)=C1C(N)=O)C(F)(F)F. The van der Waals surface area contributed by atoms with E-state index in [4.69, 9.17) is 5.73 Å². The summed E-state index contributed by atoms with van der Waals surface area (Å²) in [5.41, 5.74) is 4.18. The van der Waals surface area contributed by atoms with Crippen LogP contribution < -0.4 is 11.1 Å². The number of alkyl halides is 3. The van der Waals surface area contributed by atoms with Crippen molar-refractivity contribution in [3.05, 3.63) is 59.7 Å². The molecule has 2 heterocycles. The second-order valence-corrected chi connectivity index (χ2v) is 5.26.